The largest absolute Gasteiger partial charge is 0.496 e. The van der Waals surface area contributed by atoms with E-state index < -0.39 is 0 Å². The number of nitrogens with one attached hydrogen (secondary N) is 2. The Hall–Kier alpha value is -4.29. The monoisotopic (exact) mass is 583 g/mol. The van der Waals surface area contributed by atoms with E-state index in [1.165, 1.54) is 11.1 Å². The number of carbonyl (C=O) groups excluding carboxylic acids is 1. The Morgan fingerprint density at radius 1 is 1.16 bits per heavy atom. The number of pyridine rings is 1. The predicted octanol–water partition coefficient (Wildman–Crippen LogP) is 3.06. The van der Waals surface area contributed by atoms with Gasteiger partial charge in [0.1, 0.15) is 17.3 Å². The van der Waals surface area contributed by atoms with E-state index >= 15 is 0 Å². The maximum Gasteiger partial charge on any atom is 0.269 e. The summed E-state index contributed by atoms with van der Waals surface area (Å²) in [7, 11) is 3.34. The third-order valence-electron chi connectivity index (χ3n) is 9.35. The number of methoxy groups -OCH3 is 2. The highest BCUT2D eigenvalue weighted by molar-refractivity contribution is 5.93. The first-order valence-electron chi connectivity index (χ1n) is 14.9. The number of carbonyl (C=O) groups is 1. The van der Waals surface area contributed by atoms with E-state index in [1.54, 1.807) is 20.3 Å². The van der Waals surface area contributed by atoms with Crippen LogP contribution in [0.4, 0.5) is 17.3 Å². The van der Waals surface area contributed by atoms with Gasteiger partial charge in [-0.2, -0.15) is 5.10 Å². The molecule has 1 spiro atoms. The summed E-state index contributed by atoms with van der Waals surface area (Å²) in [6, 6.07) is 9.92. The number of anilines is 3. The first kappa shape index (κ1) is 27.5. The summed E-state index contributed by atoms with van der Waals surface area (Å²) in [4.78, 5) is 31.4. The van der Waals surface area contributed by atoms with E-state index in [4.69, 9.17) is 25.2 Å². The van der Waals surface area contributed by atoms with Gasteiger partial charge in [-0.3, -0.25) is 9.89 Å². The molecule has 1 amide bonds. The minimum Gasteiger partial charge on any atom is -0.496 e. The average molecular weight is 584 g/mol. The van der Waals surface area contributed by atoms with Crippen molar-refractivity contribution >= 4 is 34.4 Å². The standard InChI is InChI=1S/C31H37N9O3/c1-42-16-12-33-30(41)22-8-9-23-21(35-22)6-4-13-40(23)29-26-28(37-38-29)36-25(18-34-26)39-14-10-31(11-15-39)17-20-19(27(31)32)5-3-7-24(20)43-2/h3,5,7-9,18,27H,4,6,10-17,32H2,1-2H3,(H,33,41)(H,36,37,38)/t27-/m1/s1. The van der Waals surface area contributed by atoms with Crippen molar-refractivity contribution in [1.29, 1.82) is 0 Å². The van der Waals surface area contributed by atoms with Gasteiger partial charge in [0.05, 0.1) is 31.3 Å². The van der Waals surface area contributed by atoms with E-state index in [1.807, 2.05) is 24.4 Å². The van der Waals surface area contributed by atoms with Crippen LogP contribution in [0.25, 0.3) is 11.2 Å². The lowest BCUT2D eigenvalue weighted by Gasteiger charge is -2.42. The number of piperidine rings is 1. The van der Waals surface area contributed by atoms with Crippen LogP contribution in [-0.4, -0.2) is 78.1 Å². The fourth-order valence-corrected chi connectivity index (χ4v) is 6.99. The summed E-state index contributed by atoms with van der Waals surface area (Å²) in [6.07, 6.45) is 6.43. The number of hydrogen-bond acceptors (Lipinski definition) is 10. The van der Waals surface area contributed by atoms with Crippen LogP contribution < -0.4 is 25.6 Å². The van der Waals surface area contributed by atoms with Crippen molar-refractivity contribution in [3.05, 3.63) is 59.0 Å². The van der Waals surface area contributed by atoms with E-state index in [2.05, 4.69) is 36.4 Å². The first-order valence-corrected chi connectivity index (χ1v) is 14.9. The van der Waals surface area contributed by atoms with Crippen LogP contribution in [0.3, 0.4) is 0 Å². The molecule has 0 saturated carbocycles. The van der Waals surface area contributed by atoms with Gasteiger partial charge >= 0.3 is 0 Å². The van der Waals surface area contributed by atoms with Gasteiger partial charge in [-0.05, 0) is 66.8 Å². The van der Waals surface area contributed by atoms with Crippen molar-refractivity contribution < 1.29 is 14.3 Å². The zero-order valence-corrected chi connectivity index (χ0v) is 24.6. The Morgan fingerprint density at radius 3 is 2.84 bits per heavy atom. The minimum atomic E-state index is -0.205. The third-order valence-corrected chi connectivity index (χ3v) is 9.35. The van der Waals surface area contributed by atoms with E-state index in [0.717, 1.165) is 80.5 Å². The number of aromatic nitrogens is 5. The van der Waals surface area contributed by atoms with Gasteiger partial charge in [0.15, 0.2) is 17.0 Å². The van der Waals surface area contributed by atoms with Gasteiger partial charge in [-0.1, -0.05) is 12.1 Å². The summed E-state index contributed by atoms with van der Waals surface area (Å²) in [6.45, 7) is 3.39. The van der Waals surface area contributed by atoms with Crippen LogP contribution >= 0.6 is 0 Å². The van der Waals surface area contributed by atoms with Crippen molar-refractivity contribution in [3.63, 3.8) is 0 Å². The molecule has 4 aromatic rings. The van der Waals surface area contributed by atoms with Crippen molar-refractivity contribution in [3.8, 4) is 5.75 Å². The van der Waals surface area contributed by atoms with Gasteiger partial charge in [0.25, 0.3) is 5.91 Å². The fourth-order valence-electron chi connectivity index (χ4n) is 6.99. The maximum absolute atomic E-state index is 12.5. The molecule has 7 rings (SSSR count). The molecule has 3 aromatic heterocycles. The summed E-state index contributed by atoms with van der Waals surface area (Å²) in [5.41, 5.74) is 12.9. The van der Waals surface area contributed by atoms with Crippen molar-refractivity contribution in [2.24, 2.45) is 11.1 Å². The molecule has 1 saturated heterocycles. The van der Waals surface area contributed by atoms with Crippen LogP contribution in [0.2, 0.25) is 0 Å². The number of nitrogens with two attached hydrogens (primary N) is 1. The lowest BCUT2D eigenvalue weighted by Crippen LogP contribution is -2.44. The Balaban J connectivity index is 1.07. The number of rotatable bonds is 7. The van der Waals surface area contributed by atoms with Gasteiger partial charge < -0.3 is 30.3 Å². The molecule has 0 bridgehead atoms. The van der Waals surface area contributed by atoms with Crippen molar-refractivity contribution in [1.82, 2.24) is 30.5 Å². The summed E-state index contributed by atoms with van der Waals surface area (Å²) in [5.74, 6) is 2.29. The molecule has 1 fully saturated rings. The molecule has 1 atom stereocenters. The second-order valence-electron chi connectivity index (χ2n) is 11.7. The zero-order chi connectivity index (χ0) is 29.6. The lowest BCUT2D eigenvalue weighted by molar-refractivity contribution is 0.0932. The molecule has 0 unspecified atom stereocenters. The zero-order valence-electron chi connectivity index (χ0n) is 24.6. The van der Waals surface area contributed by atoms with Crippen LogP contribution in [0, 0.1) is 5.41 Å². The molecule has 43 heavy (non-hydrogen) atoms. The van der Waals surface area contributed by atoms with Gasteiger partial charge in [0.2, 0.25) is 0 Å². The third kappa shape index (κ3) is 4.74. The van der Waals surface area contributed by atoms with Gasteiger partial charge in [0, 0.05) is 39.3 Å². The number of H-pyrrole nitrogens is 1. The van der Waals surface area contributed by atoms with Crippen LogP contribution in [0.1, 0.15) is 52.6 Å². The van der Waals surface area contributed by atoms with E-state index in [9.17, 15) is 4.79 Å². The Kier molecular flexibility index (Phi) is 7.10. The summed E-state index contributed by atoms with van der Waals surface area (Å²) >= 11 is 0. The first-order chi connectivity index (χ1) is 21.0. The molecule has 1 aliphatic carbocycles. The maximum atomic E-state index is 12.5. The predicted molar refractivity (Wildman–Crippen MR) is 163 cm³/mol. The molecule has 12 heteroatoms. The second kappa shape index (κ2) is 11.1. The van der Waals surface area contributed by atoms with E-state index in [-0.39, 0.29) is 17.4 Å². The van der Waals surface area contributed by atoms with E-state index in [0.29, 0.717) is 30.0 Å². The Morgan fingerprint density at radius 2 is 2.02 bits per heavy atom. The van der Waals surface area contributed by atoms with Crippen LogP contribution in [0.15, 0.2) is 36.5 Å². The molecular weight excluding hydrogens is 546 g/mol. The number of aromatic amines is 1. The second-order valence-corrected chi connectivity index (χ2v) is 11.7. The molecule has 3 aliphatic rings. The molecule has 1 aromatic carbocycles. The topological polar surface area (TPSA) is 147 Å². The molecule has 4 N–H and O–H groups in total. The number of hydrogen-bond donors (Lipinski definition) is 3. The Bertz CT molecular complexity index is 1660. The number of ether oxygens (including phenoxy) is 2. The normalized spacial score (nSPS) is 19.0. The number of amides is 1. The SMILES string of the molecule is COCCNC(=O)c1ccc2c(n1)CCCN2c1n[nH]c2nc(N3CCC4(CC3)Cc3c(OC)cccc3[C@H]4N)cnc12. The van der Waals surface area contributed by atoms with Gasteiger partial charge in [-0.15, -0.1) is 0 Å². The number of fused-ring (bicyclic) bond motifs is 3. The molecule has 224 valence electrons. The molecular formula is C31H37N9O3. The number of nitrogens with zero attached hydrogens (tertiary/aromatic N) is 6. The quantitative estimate of drug-likeness (QED) is 0.277. The fraction of sp³-hybridized carbons (Fsp3) is 0.452. The smallest absolute Gasteiger partial charge is 0.269 e. The molecule has 0 radical (unpaired) electrons. The Labute approximate surface area is 250 Å². The molecule has 2 aliphatic heterocycles. The minimum absolute atomic E-state index is 0.00603. The average Bonchev–Trinajstić information content (AvgIpc) is 3.59. The van der Waals surface area contributed by atoms with Crippen LogP contribution in [-0.2, 0) is 17.6 Å². The number of aryl methyl sites for hydroxylation is 1. The lowest BCUT2D eigenvalue weighted by atomic mass is 9.73. The van der Waals surface area contributed by atoms with Crippen LogP contribution in [0.5, 0.6) is 5.75 Å². The van der Waals surface area contributed by atoms with Crippen molar-refractivity contribution in [2.75, 3.05) is 56.8 Å². The summed E-state index contributed by atoms with van der Waals surface area (Å²) < 4.78 is 10.7. The highest BCUT2D eigenvalue weighted by atomic mass is 16.5. The van der Waals surface area contributed by atoms with Gasteiger partial charge in [-0.25, -0.2) is 15.0 Å². The number of benzene rings is 1. The molecule has 12 nitrogen and oxygen atoms in total. The summed E-state index contributed by atoms with van der Waals surface area (Å²) in [5, 5.41) is 10.6. The highest BCUT2D eigenvalue weighted by Crippen LogP contribution is 2.53. The highest BCUT2D eigenvalue weighted by Gasteiger charge is 2.47. The van der Waals surface area contributed by atoms with Crippen molar-refractivity contribution in [2.45, 2.75) is 38.1 Å². The molecule has 5 heterocycles.